The SMILES string of the molecule is Cn1cc2c(c1C(=O)Nc1cc(F)c(F)c(F)c1)C=C[C@H](CO)NS2(=N)=O. The molecule has 144 valence electrons. The molecule has 1 aromatic heterocycles. The number of hydrogen-bond acceptors (Lipinski definition) is 4. The van der Waals surface area contributed by atoms with Crippen LogP contribution in [-0.2, 0) is 17.0 Å². The summed E-state index contributed by atoms with van der Waals surface area (Å²) in [6.45, 7) is -0.404. The Hall–Kier alpha value is -2.63. The smallest absolute Gasteiger partial charge is 0.272 e. The van der Waals surface area contributed by atoms with Crippen LogP contribution in [0.5, 0.6) is 0 Å². The first-order chi connectivity index (χ1) is 12.6. The third-order valence-corrected chi connectivity index (χ3v) is 5.54. The molecule has 2 atom stereocenters. The van der Waals surface area contributed by atoms with E-state index in [4.69, 9.17) is 4.78 Å². The topological polar surface area (TPSA) is 107 Å². The van der Waals surface area contributed by atoms with E-state index in [1.165, 1.54) is 30.0 Å². The summed E-state index contributed by atoms with van der Waals surface area (Å²) < 4.78 is 64.2. The first-order valence-corrected chi connectivity index (χ1v) is 9.20. The highest BCUT2D eigenvalue weighted by Gasteiger charge is 2.28. The summed E-state index contributed by atoms with van der Waals surface area (Å²) in [5.74, 6) is -5.37. The zero-order chi connectivity index (χ0) is 19.9. The van der Waals surface area contributed by atoms with Gasteiger partial charge in [0.15, 0.2) is 17.5 Å². The third kappa shape index (κ3) is 3.48. The Kier molecular flexibility index (Phi) is 4.84. The van der Waals surface area contributed by atoms with Crippen LogP contribution in [0, 0.1) is 22.2 Å². The summed E-state index contributed by atoms with van der Waals surface area (Å²) in [6.07, 6.45) is 4.21. The number of aliphatic hydroxyl groups excluding tert-OH is 1. The number of fused-ring (bicyclic) bond motifs is 1. The van der Waals surface area contributed by atoms with Crippen LogP contribution in [0.4, 0.5) is 18.9 Å². The molecule has 0 radical (unpaired) electrons. The summed E-state index contributed by atoms with van der Waals surface area (Å²) in [5.41, 5.74) is -0.157. The lowest BCUT2D eigenvalue weighted by molar-refractivity contribution is 0.101. The van der Waals surface area contributed by atoms with Crippen molar-refractivity contribution in [2.75, 3.05) is 11.9 Å². The molecule has 2 aromatic rings. The van der Waals surface area contributed by atoms with E-state index in [1.807, 2.05) is 0 Å². The molecule has 1 unspecified atom stereocenters. The number of halogens is 3. The monoisotopic (exact) mass is 400 g/mol. The predicted octanol–water partition coefficient (Wildman–Crippen LogP) is 1.99. The number of carbonyl (C=O) groups excluding carboxylic acids is 1. The van der Waals surface area contributed by atoms with Gasteiger partial charge in [0.25, 0.3) is 5.91 Å². The summed E-state index contributed by atoms with van der Waals surface area (Å²) in [4.78, 5) is 12.6. The summed E-state index contributed by atoms with van der Waals surface area (Å²) >= 11 is 0. The van der Waals surface area contributed by atoms with E-state index in [1.54, 1.807) is 0 Å². The second-order valence-electron chi connectivity index (χ2n) is 5.90. The highest BCUT2D eigenvalue weighted by molar-refractivity contribution is 7.90. The van der Waals surface area contributed by atoms with Gasteiger partial charge >= 0.3 is 0 Å². The predicted molar refractivity (Wildman–Crippen MR) is 91.9 cm³/mol. The molecule has 1 aromatic carbocycles. The van der Waals surface area contributed by atoms with Crippen molar-refractivity contribution in [3.8, 4) is 0 Å². The fraction of sp³-hybridized carbons (Fsp3) is 0.188. The molecule has 0 spiro atoms. The van der Waals surface area contributed by atoms with Crippen LogP contribution in [-0.4, -0.2) is 32.4 Å². The molecule has 1 aliphatic rings. The van der Waals surface area contributed by atoms with Crippen LogP contribution in [0.25, 0.3) is 6.08 Å². The minimum Gasteiger partial charge on any atom is -0.394 e. The molecular formula is C16H15F3N4O3S. The van der Waals surface area contributed by atoms with E-state index in [9.17, 15) is 27.3 Å². The number of rotatable bonds is 3. The molecule has 7 nitrogen and oxygen atoms in total. The molecule has 3 rings (SSSR count). The van der Waals surface area contributed by atoms with E-state index in [0.717, 1.165) is 0 Å². The van der Waals surface area contributed by atoms with Crippen molar-refractivity contribution < 1.29 is 27.3 Å². The van der Waals surface area contributed by atoms with E-state index < -0.39 is 45.9 Å². The molecule has 0 saturated carbocycles. The van der Waals surface area contributed by atoms with E-state index in [-0.39, 0.29) is 21.8 Å². The first kappa shape index (κ1) is 19.1. The van der Waals surface area contributed by atoms with Crippen molar-refractivity contribution in [1.82, 2.24) is 9.29 Å². The van der Waals surface area contributed by atoms with Gasteiger partial charge in [0.05, 0.1) is 17.5 Å². The lowest BCUT2D eigenvalue weighted by Crippen LogP contribution is -2.34. The average molecular weight is 400 g/mol. The summed E-state index contributed by atoms with van der Waals surface area (Å²) in [6, 6.07) is 0.513. The lowest BCUT2D eigenvalue weighted by atomic mass is 10.1. The number of aliphatic hydroxyl groups is 1. The Morgan fingerprint density at radius 2 is 2.00 bits per heavy atom. The quantitative estimate of drug-likeness (QED) is 0.592. The van der Waals surface area contributed by atoms with Gasteiger partial charge in [-0.1, -0.05) is 12.2 Å². The van der Waals surface area contributed by atoms with Crippen LogP contribution >= 0.6 is 0 Å². The maximum absolute atomic E-state index is 13.3. The van der Waals surface area contributed by atoms with Crippen molar-refractivity contribution in [1.29, 1.82) is 4.78 Å². The van der Waals surface area contributed by atoms with Crippen molar-refractivity contribution in [2.24, 2.45) is 7.05 Å². The van der Waals surface area contributed by atoms with Gasteiger partial charge in [0.2, 0.25) is 0 Å². The first-order valence-electron chi connectivity index (χ1n) is 7.64. The molecule has 27 heavy (non-hydrogen) atoms. The maximum Gasteiger partial charge on any atom is 0.272 e. The molecule has 11 heteroatoms. The van der Waals surface area contributed by atoms with Crippen LogP contribution in [0.15, 0.2) is 29.3 Å². The Balaban J connectivity index is 2.04. The van der Waals surface area contributed by atoms with Crippen LogP contribution < -0.4 is 10.0 Å². The molecular weight excluding hydrogens is 385 g/mol. The van der Waals surface area contributed by atoms with Gasteiger partial charge in [0.1, 0.15) is 15.6 Å². The number of aryl methyl sites for hydroxylation is 1. The number of anilines is 1. The van der Waals surface area contributed by atoms with E-state index >= 15 is 0 Å². The zero-order valence-electron chi connectivity index (χ0n) is 13.9. The van der Waals surface area contributed by atoms with E-state index in [2.05, 4.69) is 10.0 Å². The lowest BCUT2D eigenvalue weighted by Gasteiger charge is -2.12. The van der Waals surface area contributed by atoms with Gasteiger partial charge in [-0.25, -0.2) is 26.9 Å². The van der Waals surface area contributed by atoms with Crippen molar-refractivity contribution in [2.45, 2.75) is 10.9 Å². The second kappa shape index (κ2) is 6.83. The fourth-order valence-corrected chi connectivity index (χ4v) is 4.22. The molecule has 1 aliphatic heterocycles. The Morgan fingerprint density at radius 3 is 2.59 bits per heavy atom. The minimum atomic E-state index is -3.51. The molecule has 0 fully saturated rings. The third-order valence-electron chi connectivity index (χ3n) is 3.96. The number of nitrogens with zero attached hydrogens (tertiary/aromatic N) is 1. The number of hydrogen-bond donors (Lipinski definition) is 4. The molecule has 1 amide bonds. The molecule has 2 heterocycles. The summed E-state index contributed by atoms with van der Waals surface area (Å²) in [5, 5.41) is 11.5. The normalized spacial score (nSPS) is 21.6. The molecule has 0 bridgehead atoms. The standard InChI is InChI=1S/C16H15F3N4O3S/c1-23-6-13-10(3-2-8(7-24)22-27(13,20)26)15(23)16(25)21-9-4-11(17)14(19)12(18)5-9/h2-6,8,24H,7H2,1H3,(H,21,25)(H2,20,22,26)/t8-,27?/m1/s1. The number of amides is 1. The number of carbonyl (C=O) groups is 1. The summed E-state index contributed by atoms with van der Waals surface area (Å²) in [7, 11) is -2.04. The van der Waals surface area contributed by atoms with Gasteiger partial charge in [-0.2, -0.15) is 0 Å². The second-order valence-corrected chi connectivity index (χ2v) is 7.68. The Morgan fingerprint density at radius 1 is 1.37 bits per heavy atom. The van der Waals surface area contributed by atoms with Gasteiger partial charge in [-0.3, -0.25) is 4.79 Å². The number of aromatic nitrogens is 1. The van der Waals surface area contributed by atoms with Gasteiger partial charge in [0, 0.05) is 36.6 Å². The zero-order valence-corrected chi connectivity index (χ0v) is 14.7. The fourth-order valence-electron chi connectivity index (χ4n) is 2.73. The largest absolute Gasteiger partial charge is 0.394 e. The number of benzene rings is 1. The highest BCUT2D eigenvalue weighted by Crippen LogP contribution is 2.27. The average Bonchev–Trinajstić information content (AvgIpc) is 2.87. The van der Waals surface area contributed by atoms with Crippen LogP contribution in [0.2, 0.25) is 0 Å². The van der Waals surface area contributed by atoms with Gasteiger partial charge in [-0.15, -0.1) is 0 Å². The Labute approximate surface area is 152 Å². The van der Waals surface area contributed by atoms with Crippen molar-refractivity contribution in [3.05, 3.63) is 53.1 Å². The van der Waals surface area contributed by atoms with E-state index in [0.29, 0.717) is 12.1 Å². The number of nitrogens with one attached hydrogen (secondary N) is 3. The molecule has 4 N–H and O–H groups in total. The minimum absolute atomic E-state index is 0.0215. The van der Waals surface area contributed by atoms with Crippen LogP contribution in [0.3, 0.4) is 0 Å². The molecule has 0 saturated heterocycles. The van der Waals surface area contributed by atoms with Crippen LogP contribution in [0.1, 0.15) is 16.1 Å². The highest BCUT2D eigenvalue weighted by atomic mass is 32.2. The van der Waals surface area contributed by atoms with Gasteiger partial charge in [-0.05, 0) is 0 Å². The molecule has 0 aliphatic carbocycles. The Bertz CT molecular complexity index is 1040. The maximum atomic E-state index is 13.3. The van der Waals surface area contributed by atoms with Crippen molar-refractivity contribution >= 4 is 27.6 Å². The van der Waals surface area contributed by atoms with Crippen molar-refractivity contribution in [3.63, 3.8) is 0 Å². The van der Waals surface area contributed by atoms with Gasteiger partial charge < -0.3 is 15.0 Å².